The Morgan fingerprint density at radius 3 is 2.59 bits per heavy atom. The van der Waals surface area contributed by atoms with Gasteiger partial charge in [0.2, 0.25) is 0 Å². The lowest BCUT2D eigenvalue weighted by molar-refractivity contribution is 0.601. The van der Waals surface area contributed by atoms with Gasteiger partial charge in [-0.1, -0.05) is 6.07 Å². The molecule has 3 N–H and O–H groups in total. The molecule has 88 valence electrons. The van der Waals surface area contributed by atoms with Gasteiger partial charge >= 0.3 is 0 Å². The van der Waals surface area contributed by atoms with Crippen molar-refractivity contribution in [3.05, 3.63) is 48.7 Å². The summed E-state index contributed by atoms with van der Waals surface area (Å²) in [6.07, 6.45) is 1.40. The second kappa shape index (κ2) is 4.42. The third-order valence-electron chi connectivity index (χ3n) is 2.00. The van der Waals surface area contributed by atoms with Crippen molar-refractivity contribution in [3.63, 3.8) is 0 Å². The van der Waals surface area contributed by atoms with Crippen LogP contribution >= 0.6 is 0 Å². The van der Waals surface area contributed by atoms with Gasteiger partial charge in [-0.25, -0.2) is 13.4 Å². The number of nitrogens with two attached hydrogens (primary N) is 1. The standard InChI is InChI=1S/C11H11N3O2S/c12-9-4-6-10(7-5-9)17(15,16)14-11-3-1-2-8-13-11/h1-8H,12H2,(H,13,14)/i/hD3. The zero-order valence-electron chi connectivity index (χ0n) is 11.7. The lowest BCUT2D eigenvalue weighted by Gasteiger charge is -2.06. The number of hydrogen-bond donors (Lipinski definition) is 2. The monoisotopic (exact) mass is 252 g/mol. The smallest absolute Gasteiger partial charge is 0.263 e. The molecule has 0 atom stereocenters. The first-order chi connectivity index (χ1) is 9.43. The van der Waals surface area contributed by atoms with Crippen molar-refractivity contribution in [2.75, 3.05) is 10.4 Å². The fourth-order valence-electron chi connectivity index (χ4n) is 1.20. The number of aromatic nitrogens is 1. The molecule has 0 spiro atoms. The van der Waals surface area contributed by atoms with E-state index in [1.807, 2.05) is 0 Å². The highest BCUT2D eigenvalue weighted by molar-refractivity contribution is 7.92. The van der Waals surface area contributed by atoms with Crippen LogP contribution in [0.2, 0.25) is 4.24 Å². The van der Waals surface area contributed by atoms with Crippen LogP contribution in [0.1, 0.15) is 0 Å². The van der Waals surface area contributed by atoms with Gasteiger partial charge in [-0.3, -0.25) is 4.72 Å². The molecule has 6 heteroatoms. The largest absolute Gasteiger partial charge is 0.399 e. The molecule has 1 aromatic carbocycles. The minimum atomic E-state index is -4.04. The third kappa shape index (κ3) is 2.73. The van der Waals surface area contributed by atoms with E-state index in [0.717, 1.165) is 0 Å². The number of anilines is 2. The first-order valence-electron chi connectivity index (χ1n) is 6.10. The van der Waals surface area contributed by atoms with Crippen LogP contribution in [-0.2, 0) is 10.0 Å². The van der Waals surface area contributed by atoms with Crippen LogP contribution in [0.5, 0.6) is 0 Å². The van der Waals surface area contributed by atoms with Gasteiger partial charge in [0.25, 0.3) is 10.0 Å². The van der Waals surface area contributed by atoms with E-state index in [9.17, 15) is 8.42 Å². The van der Waals surface area contributed by atoms with E-state index in [2.05, 4.69) is 4.98 Å². The molecule has 2 aromatic rings. The highest BCUT2D eigenvalue weighted by atomic mass is 32.2. The summed E-state index contributed by atoms with van der Waals surface area (Å²) in [5.41, 5.74) is 0.589. The first kappa shape index (κ1) is 8.08. The van der Waals surface area contributed by atoms with Crippen molar-refractivity contribution in [3.8, 4) is 0 Å². The molecular formula is C11H11N3O2S. The minimum Gasteiger partial charge on any atom is -0.399 e. The van der Waals surface area contributed by atoms with Crippen LogP contribution < -0.4 is 10.4 Å². The number of nitrogens with zero attached hydrogens (tertiary/aromatic N) is 1. The van der Waals surface area contributed by atoms with E-state index in [4.69, 9.17) is 4.24 Å². The average molecular weight is 252 g/mol. The van der Waals surface area contributed by atoms with E-state index < -0.39 is 10.0 Å². The zero-order valence-corrected chi connectivity index (χ0v) is 9.50. The van der Waals surface area contributed by atoms with Crippen LogP contribution in [0.3, 0.4) is 0 Å². The molecule has 0 aliphatic heterocycles. The molecule has 1 heterocycles. The Hall–Kier alpha value is -2.08. The molecule has 1 aromatic heterocycles. The summed E-state index contributed by atoms with van der Waals surface area (Å²) in [5.74, 6) is -0.0146. The van der Waals surface area contributed by atoms with Crippen molar-refractivity contribution in [2.24, 2.45) is 0 Å². The highest BCUT2D eigenvalue weighted by Gasteiger charge is 2.13. The summed E-state index contributed by atoms with van der Waals surface area (Å²) in [6.45, 7) is 0. The SMILES string of the molecule is [2H]N([2H])c1ccc(S(=O)(=O)N([2H])c2ccccn2)cc1. The Labute approximate surface area is 104 Å². The lowest BCUT2D eigenvalue weighted by Crippen LogP contribution is -2.13. The van der Waals surface area contributed by atoms with Gasteiger partial charge in [0.05, 0.1) is 4.90 Å². The fraction of sp³-hybridized carbons (Fsp3) is 0. The van der Waals surface area contributed by atoms with E-state index in [1.54, 1.807) is 12.1 Å². The second-order valence-electron chi connectivity index (χ2n) is 3.25. The van der Waals surface area contributed by atoms with Crippen LogP contribution in [0, 0.1) is 0 Å². The third-order valence-corrected chi connectivity index (χ3v) is 3.29. The molecule has 2 rings (SSSR count). The summed E-state index contributed by atoms with van der Waals surface area (Å²) in [6, 6.07) is 9.74. The summed E-state index contributed by atoms with van der Waals surface area (Å²) < 4.78 is 46.5. The summed E-state index contributed by atoms with van der Waals surface area (Å²) >= 11 is 0. The molecule has 0 saturated heterocycles. The molecule has 0 fully saturated rings. The fourth-order valence-corrected chi connectivity index (χ4v) is 2.14. The van der Waals surface area contributed by atoms with Crippen LogP contribution in [0.4, 0.5) is 11.5 Å². The number of nitrogens with one attached hydrogen (secondary N) is 1. The maximum atomic E-state index is 12.2. The predicted molar refractivity (Wildman–Crippen MR) is 65.9 cm³/mol. The van der Waals surface area contributed by atoms with Crippen LogP contribution in [-0.4, -0.2) is 13.4 Å². The van der Waals surface area contributed by atoms with E-state index in [-0.39, 0.29) is 16.4 Å². The van der Waals surface area contributed by atoms with Crippen molar-refractivity contribution < 1.29 is 12.7 Å². The van der Waals surface area contributed by atoms with E-state index in [0.29, 0.717) is 10.4 Å². The molecule has 0 amide bonds. The molecule has 0 aliphatic rings. The van der Waals surface area contributed by atoms with Crippen molar-refractivity contribution >= 4 is 21.5 Å². The van der Waals surface area contributed by atoms with Crippen LogP contribution in [0.15, 0.2) is 53.6 Å². The minimum absolute atomic E-state index is 0.0146. The Morgan fingerprint density at radius 2 is 2.00 bits per heavy atom. The molecule has 0 saturated carbocycles. The summed E-state index contributed by atoms with van der Waals surface area (Å²) in [5, 5.41) is 0. The molecule has 0 bridgehead atoms. The van der Waals surface area contributed by atoms with Gasteiger partial charge in [-0.05, 0) is 36.4 Å². The van der Waals surface area contributed by atoms with Gasteiger partial charge < -0.3 is 5.72 Å². The molecule has 17 heavy (non-hydrogen) atoms. The maximum absolute atomic E-state index is 12.2. The van der Waals surface area contributed by atoms with Crippen molar-refractivity contribution in [1.82, 2.24) is 4.98 Å². The number of rotatable bonds is 4. The van der Waals surface area contributed by atoms with Crippen LogP contribution in [0.25, 0.3) is 0 Å². The molecular weight excluding hydrogens is 238 g/mol. The number of nitrogen functional groups attached to an aromatic ring is 1. The Bertz CT molecular complexity index is 678. The maximum Gasteiger partial charge on any atom is 0.263 e. The summed E-state index contributed by atoms with van der Waals surface area (Å²) in [4.78, 5) is 3.70. The van der Waals surface area contributed by atoms with E-state index >= 15 is 0 Å². The Kier molecular flexibility index (Phi) is 2.10. The van der Waals surface area contributed by atoms with Gasteiger partial charge in [0.1, 0.15) is 5.82 Å². The van der Waals surface area contributed by atoms with Gasteiger partial charge in [-0.2, -0.15) is 0 Å². The Balaban J connectivity index is 2.35. The number of sulfonamides is 1. The quantitative estimate of drug-likeness (QED) is 0.807. The average Bonchev–Trinajstić information content (AvgIpc) is 2.47. The number of hydrogen-bond acceptors (Lipinski definition) is 4. The van der Waals surface area contributed by atoms with Crippen molar-refractivity contribution in [2.45, 2.75) is 4.90 Å². The van der Waals surface area contributed by atoms with Crippen molar-refractivity contribution in [1.29, 1.82) is 0 Å². The van der Waals surface area contributed by atoms with Gasteiger partial charge in [-0.15, -0.1) is 0 Å². The molecule has 0 unspecified atom stereocenters. The Morgan fingerprint density at radius 1 is 1.24 bits per heavy atom. The first-order valence-corrected chi connectivity index (χ1v) is 6.20. The number of pyridine rings is 1. The lowest BCUT2D eigenvalue weighted by atomic mass is 10.3. The summed E-state index contributed by atoms with van der Waals surface area (Å²) in [7, 11) is -4.04. The zero-order chi connectivity index (χ0) is 14.8. The molecule has 5 nitrogen and oxygen atoms in total. The second-order valence-corrected chi connectivity index (χ2v) is 4.85. The topological polar surface area (TPSA) is 85.1 Å². The molecule has 0 radical (unpaired) electrons. The van der Waals surface area contributed by atoms with E-state index in [1.165, 1.54) is 36.5 Å². The predicted octanol–water partition coefficient (Wildman–Crippen LogP) is 1.46. The highest BCUT2D eigenvalue weighted by Crippen LogP contribution is 2.15. The van der Waals surface area contributed by atoms with Gasteiger partial charge in [0, 0.05) is 11.9 Å². The number of benzene rings is 1. The molecule has 0 aliphatic carbocycles. The normalized spacial score (nSPS) is 13.3. The van der Waals surface area contributed by atoms with Gasteiger partial charge in [0.15, 0.2) is 4.24 Å².